The molecule has 0 radical (unpaired) electrons. The summed E-state index contributed by atoms with van der Waals surface area (Å²) in [4.78, 5) is 11.3. The lowest BCUT2D eigenvalue weighted by Gasteiger charge is -2.10. The van der Waals surface area contributed by atoms with Crippen LogP contribution in [0.5, 0.6) is 5.75 Å². The molecular formula is C14H12F2N2O2. The number of primary amides is 1. The lowest BCUT2D eigenvalue weighted by molar-refractivity contribution is 0.0996. The predicted molar refractivity (Wildman–Crippen MR) is 70.1 cm³/mol. The summed E-state index contributed by atoms with van der Waals surface area (Å²) in [5.74, 6) is -2.34. The highest BCUT2D eigenvalue weighted by atomic mass is 19.2. The molecule has 0 fully saturated rings. The topological polar surface area (TPSA) is 78.3 Å². The number of hydrogen-bond acceptors (Lipinski definition) is 3. The molecule has 6 heteroatoms. The van der Waals surface area contributed by atoms with Gasteiger partial charge in [-0.05, 0) is 35.9 Å². The van der Waals surface area contributed by atoms with Crippen molar-refractivity contribution in [2.24, 2.45) is 5.73 Å². The molecule has 0 spiro atoms. The monoisotopic (exact) mass is 278 g/mol. The molecule has 4 N–H and O–H groups in total. The Morgan fingerprint density at radius 1 is 1.10 bits per heavy atom. The van der Waals surface area contributed by atoms with Gasteiger partial charge in [0.2, 0.25) is 0 Å². The largest absolute Gasteiger partial charge is 0.488 e. The maximum Gasteiger partial charge on any atom is 0.252 e. The lowest BCUT2D eigenvalue weighted by atomic mass is 10.1. The predicted octanol–water partition coefficient (Wildman–Crippen LogP) is 2.22. The van der Waals surface area contributed by atoms with E-state index in [1.807, 2.05) is 0 Å². The molecule has 0 atom stereocenters. The Labute approximate surface area is 114 Å². The maximum atomic E-state index is 13.0. The van der Waals surface area contributed by atoms with Crippen molar-refractivity contribution in [2.45, 2.75) is 6.61 Å². The van der Waals surface area contributed by atoms with Crippen molar-refractivity contribution in [3.63, 3.8) is 0 Å². The molecule has 2 aromatic carbocycles. The molecule has 2 rings (SSSR count). The van der Waals surface area contributed by atoms with Gasteiger partial charge >= 0.3 is 0 Å². The van der Waals surface area contributed by atoms with E-state index >= 15 is 0 Å². The average Bonchev–Trinajstić information content (AvgIpc) is 2.41. The molecule has 0 aromatic heterocycles. The highest BCUT2D eigenvalue weighted by Gasteiger charge is 2.10. The van der Waals surface area contributed by atoms with Crippen LogP contribution in [0.25, 0.3) is 0 Å². The van der Waals surface area contributed by atoms with Gasteiger partial charge in [-0.25, -0.2) is 8.78 Å². The van der Waals surface area contributed by atoms with Gasteiger partial charge in [0.25, 0.3) is 5.91 Å². The first-order chi connectivity index (χ1) is 9.47. The summed E-state index contributed by atoms with van der Waals surface area (Å²) in [6.45, 7) is -0.0264. The van der Waals surface area contributed by atoms with Gasteiger partial charge in [-0.2, -0.15) is 0 Å². The smallest absolute Gasteiger partial charge is 0.252 e. The molecule has 0 aliphatic carbocycles. The third-order valence-corrected chi connectivity index (χ3v) is 2.65. The van der Waals surface area contributed by atoms with Crippen LogP contribution in [0.2, 0.25) is 0 Å². The number of nitrogen functional groups attached to an aromatic ring is 1. The fourth-order valence-electron chi connectivity index (χ4n) is 1.66. The van der Waals surface area contributed by atoms with Crippen molar-refractivity contribution in [3.05, 3.63) is 59.2 Å². The van der Waals surface area contributed by atoms with Crippen LogP contribution < -0.4 is 16.2 Å². The second kappa shape index (κ2) is 5.56. The zero-order valence-corrected chi connectivity index (χ0v) is 10.4. The number of halogens is 2. The van der Waals surface area contributed by atoms with Crippen molar-refractivity contribution in [2.75, 3.05) is 5.73 Å². The van der Waals surface area contributed by atoms with Crippen LogP contribution in [-0.4, -0.2) is 5.91 Å². The van der Waals surface area contributed by atoms with E-state index in [0.717, 1.165) is 12.1 Å². The first-order valence-electron chi connectivity index (χ1n) is 5.73. The second-order valence-electron chi connectivity index (χ2n) is 4.16. The van der Waals surface area contributed by atoms with Crippen molar-refractivity contribution >= 4 is 11.6 Å². The highest BCUT2D eigenvalue weighted by Crippen LogP contribution is 2.22. The van der Waals surface area contributed by atoms with Gasteiger partial charge < -0.3 is 16.2 Å². The van der Waals surface area contributed by atoms with Crippen LogP contribution in [0.4, 0.5) is 14.5 Å². The minimum absolute atomic E-state index is 0.0264. The van der Waals surface area contributed by atoms with Crippen LogP contribution in [0.1, 0.15) is 15.9 Å². The molecule has 2 aromatic rings. The Kier molecular flexibility index (Phi) is 3.84. The first-order valence-corrected chi connectivity index (χ1v) is 5.73. The Morgan fingerprint density at radius 2 is 1.85 bits per heavy atom. The zero-order valence-electron chi connectivity index (χ0n) is 10.4. The number of nitrogens with two attached hydrogens (primary N) is 2. The van der Waals surface area contributed by atoms with Crippen molar-refractivity contribution < 1.29 is 18.3 Å². The van der Waals surface area contributed by atoms with Crippen LogP contribution in [-0.2, 0) is 6.61 Å². The average molecular weight is 278 g/mol. The zero-order chi connectivity index (χ0) is 14.7. The minimum Gasteiger partial charge on any atom is -0.488 e. The molecule has 1 amide bonds. The van der Waals surface area contributed by atoms with E-state index in [0.29, 0.717) is 11.3 Å². The molecule has 20 heavy (non-hydrogen) atoms. The van der Waals surface area contributed by atoms with Gasteiger partial charge in [-0.15, -0.1) is 0 Å². The van der Waals surface area contributed by atoms with E-state index < -0.39 is 17.5 Å². The Hall–Kier alpha value is -2.63. The molecule has 0 aliphatic heterocycles. The van der Waals surface area contributed by atoms with Gasteiger partial charge in [0.1, 0.15) is 12.4 Å². The van der Waals surface area contributed by atoms with Gasteiger partial charge in [-0.1, -0.05) is 6.07 Å². The van der Waals surface area contributed by atoms with Gasteiger partial charge in [0.15, 0.2) is 11.6 Å². The SMILES string of the molecule is NC(=O)c1cc(N)ccc1OCc1ccc(F)c(F)c1. The van der Waals surface area contributed by atoms with Crippen LogP contribution in [0.3, 0.4) is 0 Å². The number of benzene rings is 2. The number of ether oxygens (including phenoxy) is 1. The maximum absolute atomic E-state index is 13.0. The third-order valence-electron chi connectivity index (χ3n) is 2.65. The normalized spacial score (nSPS) is 10.3. The number of amides is 1. The van der Waals surface area contributed by atoms with Crippen molar-refractivity contribution in [1.82, 2.24) is 0 Å². The van der Waals surface area contributed by atoms with E-state index in [1.54, 1.807) is 6.07 Å². The van der Waals surface area contributed by atoms with E-state index in [9.17, 15) is 13.6 Å². The molecule has 0 saturated heterocycles. The van der Waals surface area contributed by atoms with Crippen LogP contribution in [0, 0.1) is 11.6 Å². The summed E-state index contributed by atoms with van der Waals surface area (Å²) in [6, 6.07) is 7.85. The first kappa shape index (κ1) is 13.8. The minimum atomic E-state index is -0.960. The van der Waals surface area contributed by atoms with Crippen LogP contribution >= 0.6 is 0 Å². The Morgan fingerprint density at radius 3 is 2.50 bits per heavy atom. The van der Waals surface area contributed by atoms with E-state index in [-0.39, 0.29) is 17.9 Å². The summed E-state index contributed by atoms with van der Waals surface area (Å²) in [5, 5.41) is 0. The van der Waals surface area contributed by atoms with Crippen molar-refractivity contribution in [1.29, 1.82) is 0 Å². The molecule has 0 heterocycles. The molecule has 0 aliphatic rings. The summed E-state index contributed by atoms with van der Waals surface area (Å²) in [5.41, 5.74) is 11.7. The number of anilines is 1. The summed E-state index contributed by atoms with van der Waals surface area (Å²) in [7, 11) is 0. The number of hydrogen-bond donors (Lipinski definition) is 2. The Bertz CT molecular complexity index is 660. The number of rotatable bonds is 4. The van der Waals surface area contributed by atoms with E-state index in [4.69, 9.17) is 16.2 Å². The van der Waals surface area contributed by atoms with E-state index in [1.165, 1.54) is 18.2 Å². The number of carbonyl (C=O) groups excluding carboxylic acids is 1. The molecule has 0 unspecified atom stereocenters. The van der Waals surface area contributed by atoms with Crippen LogP contribution in [0.15, 0.2) is 36.4 Å². The summed E-state index contributed by atoms with van der Waals surface area (Å²) < 4.78 is 31.2. The molecule has 4 nitrogen and oxygen atoms in total. The summed E-state index contributed by atoms with van der Waals surface area (Å²) in [6.07, 6.45) is 0. The molecule has 104 valence electrons. The van der Waals surface area contributed by atoms with Gasteiger partial charge in [0.05, 0.1) is 5.56 Å². The fourth-order valence-corrected chi connectivity index (χ4v) is 1.66. The quantitative estimate of drug-likeness (QED) is 0.842. The van der Waals surface area contributed by atoms with E-state index in [2.05, 4.69) is 0 Å². The lowest BCUT2D eigenvalue weighted by Crippen LogP contribution is -2.13. The van der Waals surface area contributed by atoms with Gasteiger partial charge in [-0.3, -0.25) is 4.79 Å². The second-order valence-corrected chi connectivity index (χ2v) is 4.16. The molecule has 0 saturated carbocycles. The highest BCUT2D eigenvalue weighted by molar-refractivity contribution is 5.96. The molecule has 0 bridgehead atoms. The van der Waals surface area contributed by atoms with Gasteiger partial charge in [0, 0.05) is 5.69 Å². The summed E-state index contributed by atoms with van der Waals surface area (Å²) >= 11 is 0. The Balaban J connectivity index is 2.18. The molecular weight excluding hydrogens is 266 g/mol. The third kappa shape index (κ3) is 3.03. The number of carbonyl (C=O) groups is 1. The fraction of sp³-hybridized carbons (Fsp3) is 0.0714. The standard InChI is InChI=1S/C14H12F2N2O2/c15-11-3-1-8(5-12(11)16)7-20-13-4-2-9(17)6-10(13)14(18)19/h1-6H,7,17H2,(H2,18,19). The van der Waals surface area contributed by atoms with Crippen molar-refractivity contribution in [3.8, 4) is 5.75 Å².